The molecule has 1 aliphatic heterocycles. The number of ether oxygens (including phenoxy) is 1. The second-order valence-electron chi connectivity index (χ2n) is 9.11. The Morgan fingerprint density at radius 1 is 1.00 bits per heavy atom. The highest BCUT2D eigenvalue weighted by atomic mass is 35.5. The molecule has 1 amide bonds. The van der Waals surface area contributed by atoms with Gasteiger partial charge < -0.3 is 14.2 Å². The van der Waals surface area contributed by atoms with Crippen molar-refractivity contribution in [1.29, 1.82) is 0 Å². The summed E-state index contributed by atoms with van der Waals surface area (Å²) in [5, 5.41) is 2.16. The van der Waals surface area contributed by atoms with Crippen LogP contribution < -0.4 is 4.90 Å². The summed E-state index contributed by atoms with van der Waals surface area (Å²) in [7, 11) is 1.31. The lowest BCUT2D eigenvalue weighted by atomic mass is 10.1. The maximum absolute atomic E-state index is 13.8. The van der Waals surface area contributed by atoms with Crippen molar-refractivity contribution >= 4 is 75.1 Å². The van der Waals surface area contributed by atoms with E-state index < -0.39 is 5.97 Å². The Hall–Kier alpha value is -3.65. The van der Waals surface area contributed by atoms with Gasteiger partial charge in [0, 0.05) is 29.2 Å². The first kappa shape index (κ1) is 26.9. The third-order valence-corrected chi connectivity index (χ3v) is 7.84. The zero-order valence-electron chi connectivity index (χ0n) is 21.4. The van der Waals surface area contributed by atoms with Gasteiger partial charge in [-0.05, 0) is 66.2 Å². The molecular formula is C30H25Cl2N3O3S. The van der Waals surface area contributed by atoms with Crippen LogP contribution in [0.25, 0.3) is 17.0 Å². The van der Waals surface area contributed by atoms with Gasteiger partial charge in [0.2, 0.25) is 0 Å². The van der Waals surface area contributed by atoms with E-state index in [-0.39, 0.29) is 17.6 Å². The predicted octanol–water partition coefficient (Wildman–Crippen LogP) is 6.71. The van der Waals surface area contributed by atoms with Crippen LogP contribution in [0, 0.1) is 0 Å². The van der Waals surface area contributed by atoms with Gasteiger partial charge in [-0.1, -0.05) is 66.5 Å². The molecule has 198 valence electrons. The fourth-order valence-electron chi connectivity index (χ4n) is 4.64. The van der Waals surface area contributed by atoms with Crippen LogP contribution in [0.4, 0.5) is 5.69 Å². The molecule has 6 nitrogen and oxygen atoms in total. The highest BCUT2D eigenvalue weighted by Gasteiger charge is 2.40. The molecule has 4 aromatic rings. The minimum Gasteiger partial charge on any atom is -0.468 e. The minimum absolute atomic E-state index is 0.182. The quantitative estimate of drug-likeness (QED) is 0.139. The maximum atomic E-state index is 13.8. The number of amides is 1. The number of thiocarbonyl (C=S) groups is 1. The number of nitrogens with zero attached hydrogens (tertiary/aromatic N) is 3. The molecule has 0 atom stereocenters. The number of fused-ring (bicyclic) bond motifs is 1. The van der Waals surface area contributed by atoms with Crippen molar-refractivity contribution in [2.75, 3.05) is 18.6 Å². The Labute approximate surface area is 242 Å². The number of aryl methyl sites for hydroxylation is 1. The molecule has 2 heterocycles. The molecule has 1 aliphatic rings. The fourth-order valence-corrected chi connectivity index (χ4v) is 5.31. The van der Waals surface area contributed by atoms with Crippen molar-refractivity contribution in [3.63, 3.8) is 0 Å². The molecule has 0 saturated carbocycles. The number of hydrogen-bond donors (Lipinski definition) is 0. The number of methoxy groups -OCH3 is 1. The molecule has 5 rings (SSSR count). The van der Waals surface area contributed by atoms with Crippen LogP contribution in [-0.2, 0) is 27.3 Å². The summed E-state index contributed by atoms with van der Waals surface area (Å²) in [5.74, 6) is -0.809. The highest BCUT2D eigenvalue weighted by molar-refractivity contribution is 7.80. The van der Waals surface area contributed by atoms with Crippen molar-refractivity contribution in [3.8, 4) is 0 Å². The summed E-state index contributed by atoms with van der Waals surface area (Å²) in [5.41, 5.74) is 4.86. The SMILES string of the molecule is CCc1ccc(N2C(=O)/C(=C/c3cn(Cc4ccc(Cl)c(Cl)c4)c4ccccc34)N(CC(=O)OC)C2=S)cc1. The number of para-hydroxylation sites is 1. The Balaban J connectivity index is 1.58. The summed E-state index contributed by atoms with van der Waals surface area (Å²) >= 11 is 18.1. The predicted molar refractivity (Wildman–Crippen MR) is 160 cm³/mol. The Kier molecular flexibility index (Phi) is 7.75. The van der Waals surface area contributed by atoms with Crippen molar-refractivity contribution in [2.45, 2.75) is 19.9 Å². The molecule has 0 bridgehead atoms. The van der Waals surface area contributed by atoms with Gasteiger partial charge in [0.05, 0.1) is 22.8 Å². The van der Waals surface area contributed by atoms with E-state index in [2.05, 4.69) is 11.5 Å². The molecule has 1 saturated heterocycles. The van der Waals surface area contributed by atoms with E-state index in [0.29, 0.717) is 28.0 Å². The molecule has 0 spiro atoms. The fraction of sp³-hybridized carbons (Fsp3) is 0.167. The Morgan fingerprint density at radius 2 is 1.72 bits per heavy atom. The summed E-state index contributed by atoms with van der Waals surface area (Å²) in [6.07, 6.45) is 4.64. The number of hydrogen-bond acceptors (Lipinski definition) is 4. The summed E-state index contributed by atoms with van der Waals surface area (Å²) in [6, 6.07) is 21.1. The van der Waals surface area contributed by atoms with Crippen LogP contribution in [0.15, 0.2) is 78.6 Å². The monoisotopic (exact) mass is 577 g/mol. The standard InChI is InChI=1S/C30H25Cl2N3O3S/c1-3-19-8-11-22(12-9-19)35-29(37)27(34(30(35)39)18-28(36)38-2)15-21-17-33(26-7-5-4-6-23(21)26)16-20-10-13-24(31)25(32)14-20/h4-15,17H,3,16,18H2,1-2H3/b27-15-. The molecule has 3 aromatic carbocycles. The smallest absolute Gasteiger partial charge is 0.325 e. The lowest BCUT2D eigenvalue weighted by Gasteiger charge is -2.19. The van der Waals surface area contributed by atoms with Gasteiger partial charge in [-0.2, -0.15) is 0 Å². The van der Waals surface area contributed by atoms with Crippen LogP contribution in [0.1, 0.15) is 23.6 Å². The molecule has 0 aliphatic carbocycles. The number of carbonyl (C=O) groups excluding carboxylic acids is 2. The van der Waals surface area contributed by atoms with Crippen LogP contribution in [-0.4, -0.2) is 40.1 Å². The average molecular weight is 579 g/mol. The molecule has 0 N–H and O–H groups in total. The largest absolute Gasteiger partial charge is 0.468 e. The van der Waals surface area contributed by atoms with E-state index in [4.69, 9.17) is 40.2 Å². The molecule has 39 heavy (non-hydrogen) atoms. The molecule has 1 aromatic heterocycles. The second-order valence-corrected chi connectivity index (χ2v) is 10.3. The van der Waals surface area contributed by atoms with E-state index in [0.717, 1.165) is 34.0 Å². The number of aromatic nitrogens is 1. The van der Waals surface area contributed by atoms with Crippen LogP contribution in [0.2, 0.25) is 10.0 Å². The van der Waals surface area contributed by atoms with E-state index in [1.165, 1.54) is 16.9 Å². The van der Waals surface area contributed by atoms with Crippen LogP contribution in [0.3, 0.4) is 0 Å². The van der Waals surface area contributed by atoms with E-state index >= 15 is 0 Å². The van der Waals surface area contributed by atoms with E-state index in [9.17, 15) is 9.59 Å². The third-order valence-electron chi connectivity index (χ3n) is 6.70. The summed E-state index contributed by atoms with van der Waals surface area (Å²) < 4.78 is 6.99. The van der Waals surface area contributed by atoms with E-state index in [1.54, 1.807) is 12.1 Å². The van der Waals surface area contributed by atoms with Crippen LogP contribution >= 0.6 is 35.4 Å². The lowest BCUT2D eigenvalue weighted by Crippen LogP contribution is -2.35. The Morgan fingerprint density at radius 3 is 2.41 bits per heavy atom. The molecule has 0 radical (unpaired) electrons. The van der Waals surface area contributed by atoms with Crippen molar-refractivity contribution in [3.05, 3.63) is 105 Å². The van der Waals surface area contributed by atoms with Crippen LogP contribution in [0.5, 0.6) is 0 Å². The number of esters is 1. The van der Waals surface area contributed by atoms with Crippen molar-refractivity contribution < 1.29 is 14.3 Å². The summed E-state index contributed by atoms with van der Waals surface area (Å²) in [4.78, 5) is 29.1. The van der Waals surface area contributed by atoms with Gasteiger partial charge in [0.15, 0.2) is 5.11 Å². The summed E-state index contributed by atoms with van der Waals surface area (Å²) in [6.45, 7) is 2.44. The van der Waals surface area contributed by atoms with Gasteiger partial charge in [0.1, 0.15) is 12.2 Å². The first-order valence-electron chi connectivity index (χ1n) is 12.4. The number of anilines is 1. The molecule has 0 unspecified atom stereocenters. The van der Waals surface area contributed by atoms with Gasteiger partial charge in [-0.15, -0.1) is 0 Å². The van der Waals surface area contributed by atoms with E-state index in [1.807, 2.05) is 66.9 Å². The number of carbonyl (C=O) groups is 2. The molecular weight excluding hydrogens is 553 g/mol. The number of rotatable bonds is 7. The maximum Gasteiger partial charge on any atom is 0.325 e. The number of benzene rings is 3. The zero-order chi connectivity index (χ0) is 27.7. The molecule has 1 fully saturated rings. The number of halogens is 2. The zero-order valence-corrected chi connectivity index (χ0v) is 23.7. The first-order valence-corrected chi connectivity index (χ1v) is 13.5. The average Bonchev–Trinajstić information content (AvgIpc) is 3.40. The lowest BCUT2D eigenvalue weighted by molar-refractivity contribution is -0.140. The Bertz CT molecular complexity index is 1630. The van der Waals surface area contributed by atoms with Gasteiger partial charge in [-0.3, -0.25) is 14.5 Å². The second kappa shape index (κ2) is 11.2. The van der Waals surface area contributed by atoms with Gasteiger partial charge >= 0.3 is 5.97 Å². The normalized spacial score (nSPS) is 14.6. The highest BCUT2D eigenvalue weighted by Crippen LogP contribution is 2.32. The third kappa shape index (κ3) is 5.30. The van der Waals surface area contributed by atoms with Crippen molar-refractivity contribution in [1.82, 2.24) is 9.47 Å². The first-order chi connectivity index (χ1) is 18.8. The van der Waals surface area contributed by atoms with Gasteiger partial charge in [-0.25, -0.2) is 0 Å². The minimum atomic E-state index is -0.499. The van der Waals surface area contributed by atoms with Crippen molar-refractivity contribution in [2.24, 2.45) is 0 Å². The topological polar surface area (TPSA) is 54.8 Å². The van der Waals surface area contributed by atoms with Gasteiger partial charge in [0.25, 0.3) is 5.91 Å². The molecule has 9 heteroatoms.